The van der Waals surface area contributed by atoms with E-state index in [0.29, 0.717) is 13.0 Å². The number of anilines is 1. The maximum Gasteiger partial charge on any atom is 0.292 e. The van der Waals surface area contributed by atoms with Gasteiger partial charge in [0.25, 0.3) is 6.01 Å². The Hall–Kier alpha value is -1.97. The second kappa shape index (κ2) is 4.91. The van der Waals surface area contributed by atoms with Crippen molar-refractivity contribution in [1.29, 1.82) is 0 Å². The largest absolute Gasteiger partial charge is 0.494 e. The highest BCUT2D eigenvalue weighted by molar-refractivity contribution is 5.32. The van der Waals surface area contributed by atoms with Gasteiger partial charge in [-0.05, 0) is 31.5 Å². The van der Waals surface area contributed by atoms with E-state index >= 15 is 0 Å². The highest BCUT2D eigenvalue weighted by atomic mass is 16.5. The smallest absolute Gasteiger partial charge is 0.292 e. The number of oxazole rings is 1. The third kappa shape index (κ3) is 2.78. The van der Waals surface area contributed by atoms with Crippen molar-refractivity contribution in [1.82, 2.24) is 4.98 Å². The fraction of sp³-hybridized carbons (Fsp3) is 0.308. The predicted octanol–water partition coefficient (Wildman–Crippen LogP) is 2.55. The molecule has 0 radical (unpaired) electrons. The number of aryl methyl sites for hydroxylation is 1. The Morgan fingerprint density at radius 2 is 2.24 bits per heavy atom. The minimum Gasteiger partial charge on any atom is -0.494 e. The van der Waals surface area contributed by atoms with Crippen LogP contribution in [0.3, 0.4) is 0 Å². The second-order valence-electron chi connectivity index (χ2n) is 3.82. The van der Waals surface area contributed by atoms with Crippen molar-refractivity contribution in [3.8, 4) is 5.75 Å². The minimum atomic E-state index is 0.221. The summed E-state index contributed by atoms with van der Waals surface area (Å²) in [7, 11) is 0. The number of ether oxygens (including phenoxy) is 1. The molecule has 90 valence electrons. The van der Waals surface area contributed by atoms with Crippen molar-refractivity contribution in [2.75, 3.05) is 12.3 Å². The number of nitrogens with two attached hydrogens (primary N) is 1. The van der Waals surface area contributed by atoms with Crippen LogP contribution in [0, 0.1) is 6.92 Å². The van der Waals surface area contributed by atoms with Gasteiger partial charge in [-0.25, -0.2) is 0 Å². The SMILES string of the molecule is CCOc1cccc(Cc2oc(N)nc2C)c1. The lowest BCUT2D eigenvalue weighted by Crippen LogP contribution is -1.93. The van der Waals surface area contributed by atoms with Gasteiger partial charge in [-0.15, -0.1) is 0 Å². The van der Waals surface area contributed by atoms with Crippen molar-refractivity contribution < 1.29 is 9.15 Å². The Balaban J connectivity index is 2.18. The van der Waals surface area contributed by atoms with E-state index in [-0.39, 0.29) is 6.01 Å². The van der Waals surface area contributed by atoms with E-state index in [0.717, 1.165) is 22.8 Å². The van der Waals surface area contributed by atoms with Crippen LogP contribution in [-0.2, 0) is 6.42 Å². The lowest BCUT2D eigenvalue weighted by Gasteiger charge is -2.05. The average Bonchev–Trinajstić information content (AvgIpc) is 2.58. The monoisotopic (exact) mass is 232 g/mol. The summed E-state index contributed by atoms with van der Waals surface area (Å²) in [6.07, 6.45) is 0.678. The number of nitrogens with zero attached hydrogens (tertiary/aromatic N) is 1. The zero-order valence-electron chi connectivity index (χ0n) is 10.1. The summed E-state index contributed by atoms with van der Waals surface area (Å²) in [5.74, 6) is 1.67. The van der Waals surface area contributed by atoms with E-state index in [2.05, 4.69) is 4.98 Å². The number of aromatic nitrogens is 1. The topological polar surface area (TPSA) is 61.3 Å². The summed E-state index contributed by atoms with van der Waals surface area (Å²) in [5.41, 5.74) is 7.47. The lowest BCUT2D eigenvalue weighted by atomic mass is 10.1. The quantitative estimate of drug-likeness (QED) is 0.880. The molecule has 0 atom stereocenters. The third-order valence-electron chi connectivity index (χ3n) is 2.48. The van der Waals surface area contributed by atoms with E-state index < -0.39 is 0 Å². The normalized spacial score (nSPS) is 10.5. The summed E-state index contributed by atoms with van der Waals surface area (Å²) >= 11 is 0. The molecule has 0 fully saturated rings. The number of hydrogen-bond donors (Lipinski definition) is 1. The van der Waals surface area contributed by atoms with Crippen LogP contribution in [0.25, 0.3) is 0 Å². The van der Waals surface area contributed by atoms with E-state index in [1.54, 1.807) is 0 Å². The highest BCUT2D eigenvalue weighted by Gasteiger charge is 2.08. The van der Waals surface area contributed by atoms with Crippen molar-refractivity contribution in [3.05, 3.63) is 41.3 Å². The molecule has 4 nitrogen and oxygen atoms in total. The maximum atomic E-state index is 5.51. The molecule has 17 heavy (non-hydrogen) atoms. The van der Waals surface area contributed by atoms with E-state index in [1.165, 1.54) is 0 Å². The summed E-state index contributed by atoms with van der Waals surface area (Å²) in [5, 5.41) is 0. The number of rotatable bonds is 4. The van der Waals surface area contributed by atoms with Gasteiger partial charge < -0.3 is 14.9 Å². The minimum absolute atomic E-state index is 0.221. The molecule has 0 bridgehead atoms. The molecule has 0 aliphatic rings. The Kier molecular flexibility index (Phi) is 3.32. The molecule has 1 aromatic carbocycles. The Labute approximate surface area is 100 Å². The average molecular weight is 232 g/mol. The standard InChI is InChI=1S/C13H16N2O2/c1-3-16-11-6-4-5-10(7-11)8-12-9(2)15-13(14)17-12/h4-7H,3,8H2,1-2H3,(H2,14,15). The van der Waals surface area contributed by atoms with Gasteiger partial charge in [0.05, 0.1) is 12.3 Å². The van der Waals surface area contributed by atoms with Crippen LogP contribution >= 0.6 is 0 Å². The van der Waals surface area contributed by atoms with E-state index in [1.807, 2.05) is 38.1 Å². The molecule has 2 aromatic rings. The fourth-order valence-electron chi connectivity index (χ4n) is 1.71. The van der Waals surface area contributed by atoms with Crippen LogP contribution in [0.15, 0.2) is 28.7 Å². The molecule has 0 saturated heterocycles. The van der Waals surface area contributed by atoms with Crippen LogP contribution in [0.1, 0.15) is 23.9 Å². The molecule has 2 rings (SSSR count). The van der Waals surface area contributed by atoms with Gasteiger partial charge in [0, 0.05) is 6.42 Å². The Morgan fingerprint density at radius 1 is 1.41 bits per heavy atom. The summed E-state index contributed by atoms with van der Waals surface area (Å²) < 4.78 is 10.8. The van der Waals surface area contributed by atoms with Crippen LogP contribution in [0.5, 0.6) is 5.75 Å². The first-order valence-corrected chi connectivity index (χ1v) is 5.62. The molecule has 1 heterocycles. The van der Waals surface area contributed by atoms with Crippen molar-refractivity contribution in [3.63, 3.8) is 0 Å². The molecule has 0 amide bonds. The maximum absolute atomic E-state index is 5.51. The molecule has 2 N–H and O–H groups in total. The Bertz CT molecular complexity index is 506. The molecule has 0 saturated carbocycles. The summed E-state index contributed by atoms with van der Waals surface area (Å²) in [4.78, 5) is 4.05. The van der Waals surface area contributed by atoms with Gasteiger partial charge in [-0.1, -0.05) is 12.1 Å². The van der Waals surface area contributed by atoms with Crippen LogP contribution < -0.4 is 10.5 Å². The van der Waals surface area contributed by atoms with E-state index in [9.17, 15) is 0 Å². The first-order valence-electron chi connectivity index (χ1n) is 5.62. The number of benzene rings is 1. The lowest BCUT2D eigenvalue weighted by molar-refractivity contribution is 0.340. The fourth-order valence-corrected chi connectivity index (χ4v) is 1.71. The van der Waals surface area contributed by atoms with Crippen molar-refractivity contribution >= 4 is 6.01 Å². The van der Waals surface area contributed by atoms with E-state index in [4.69, 9.17) is 14.9 Å². The van der Waals surface area contributed by atoms with Crippen molar-refractivity contribution in [2.45, 2.75) is 20.3 Å². The predicted molar refractivity (Wildman–Crippen MR) is 66.1 cm³/mol. The number of nitrogen functional groups attached to an aromatic ring is 1. The van der Waals surface area contributed by atoms with Crippen molar-refractivity contribution in [2.24, 2.45) is 0 Å². The summed E-state index contributed by atoms with van der Waals surface area (Å²) in [6, 6.07) is 8.16. The molecular formula is C13H16N2O2. The number of hydrogen-bond acceptors (Lipinski definition) is 4. The molecule has 0 spiro atoms. The molecular weight excluding hydrogens is 216 g/mol. The van der Waals surface area contributed by atoms with Gasteiger partial charge in [0.1, 0.15) is 11.5 Å². The third-order valence-corrected chi connectivity index (χ3v) is 2.48. The van der Waals surface area contributed by atoms with Crippen LogP contribution in [0.4, 0.5) is 6.01 Å². The summed E-state index contributed by atoms with van der Waals surface area (Å²) in [6.45, 7) is 4.52. The molecule has 4 heteroatoms. The van der Waals surface area contributed by atoms with Crippen LogP contribution in [-0.4, -0.2) is 11.6 Å². The van der Waals surface area contributed by atoms with Gasteiger partial charge in [0.15, 0.2) is 0 Å². The zero-order chi connectivity index (χ0) is 12.3. The first-order chi connectivity index (χ1) is 8.19. The second-order valence-corrected chi connectivity index (χ2v) is 3.82. The van der Waals surface area contributed by atoms with Crippen LogP contribution in [0.2, 0.25) is 0 Å². The van der Waals surface area contributed by atoms with Gasteiger partial charge in [-0.2, -0.15) is 4.98 Å². The molecule has 1 aromatic heterocycles. The van der Waals surface area contributed by atoms with Gasteiger partial charge >= 0.3 is 0 Å². The molecule has 0 aliphatic carbocycles. The molecule has 0 aliphatic heterocycles. The first kappa shape index (κ1) is 11.5. The Morgan fingerprint density at radius 3 is 2.88 bits per heavy atom. The zero-order valence-corrected chi connectivity index (χ0v) is 10.1. The van der Waals surface area contributed by atoms with Gasteiger partial charge in [-0.3, -0.25) is 0 Å². The van der Waals surface area contributed by atoms with Gasteiger partial charge in [0.2, 0.25) is 0 Å². The highest BCUT2D eigenvalue weighted by Crippen LogP contribution is 2.19. The molecule has 0 unspecified atom stereocenters.